The first-order valence-electron chi connectivity index (χ1n) is 5.76. The molecular weight excluding hydrogens is 180 g/mol. The average molecular weight is 198 g/mol. The number of aryl methyl sites for hydroxylation is 1. The predicted octanol–water partition coefficient (Wildman–Crippen LogP) is 4.37. The van der Waals surface area contributed by atoms with Crippen molar-refractivity contribution < 1.29 is 0 Å². The SMILES string of the molecule is CCCc1cccc(C2=CCC(C)=C2)c1. The van der Waals surface area contributed by atoms with E-state index < -0.39 is 0 Å². The van der Waals surface area contributed by atoms with Crippen molar-refractivity contribution >= 4 is 5.57 Å². The molecule has 0 atom stereocenters. The minimum absolute atomic E-state index is 1.12. The maximum atomic E-state index is 2.32. The Hall–Kier alpha value is -1.30. The molecule has 2 rings (SSSR count). The summed E-state index contributed by atoms with van der Waals surface area (Å²) >= 11 is 0. The Balaban J connectivity index is 2.25. The van der Waals surface area contributed by atoms with Crippen molar-refractivity contribution in [3.05, 3.63) is 53.1 Å². The third kappa shape index (κ3) is 2.38. The second kappa shape index (κ2) is 4.48. The zero-order chi connectivity index (χ0) is 10.7. The lowest BCUT2D eigenvalue weighted by Gasteiger charge is -2.03. The predicted molar refractivity (Wildman–Crippen MR) is 66.8 cm³/mol. The molecule has 0 aliphatic heterocycles. The molecule has 0 bridgehead atoms. The molecule has 0 nitrogen and oxygen atoms in total. The molecule has 1 aliphatic rings. The fraction of sp³-hybridized carbons (Fsp3) is 0.333. The number of hydrogen-bond donors (Lipinski definition) is 0. The normalized spacial score (nSPS) is 15.1. The Bertz CT molecular complexity index is 408. The smallest absolute Gasteiger partial charge is 0.0129 e. The van der Waals surface area contributed by atoms with Gasteiger partial charge in [-0.05, 0) is 36.5 Å². The first-order chi connectivity index (χ1) is 7.29. The van der Waals surface area contributed by atoms with E-state index in [4.69, 9.17) is 0 Å². The minimum atomic E-state index is 1.12. The summed E-state index contributed by atoms with van der Waals surface area (Å²) in [5, 5.41) is 0. The lowest BCUT2D eigenvalue weighted by molar-refractivity contribution is 0.921. The molecule has 1 aromatic rings. The summed E-state index contributed by atoms with van der Waals surface area (Å²) in [6.45, 7) is 4.42. The summed E-state index contributed by atoms with van der Waals surface area (Å²) in [7, 11) is 0. The molecule has 0 aromatic heterocycles. The van der Waals surface area contributed by atoms with E-state index in [-0.39, 0.29) is 0 Å². The van der Waals surface area contributed by atoms with Gasteiger partial charge >= 0.3 is 0 Å². The van der Waals surface area contributed by atoms with Gasteiger partial charge in [-0.15, -0.1) is 0 Å². The molecule has 0 heterocycles. The van der Waals surface area contributed by atoms with Crippen molar-refractivity contribution in [1.82, 2.24) is 0 Å². The van der Waals surface area contributed by atoms with Crippen molar-refractivity contribution in [3.63, 3.8) is 0 Å². The highest BCUT2D eigenvalue weighted by molar-refractivity contribution is 5.77. The van der Waals surface area contributed by atoms with Gasteiger partial charge in [0.2, 0.25) is 0 Å². The molecule has 0 unspecified atom stereocenters. The van der Waals surface area contributed by atoms with E-state index in [0.717, 1.165) is 6.42 Å². The van der Waals surface area contributed by atoms with Gasteiger partial charge in [0.15, 0.2) is 0 Å². The van der Waals surface area contributed by atoms with Gasteiger partial charge in [-0.3, -0.25) is 0 Å². The third-order valence-electron chi connectivity index (χ3n) is 2.84. The Kier molecular flexibility index (Phi) is 3.05. The molecule has 0 spiro atoms. The highest BCUT2D eigenvalue weighted by atomic mass is 14.1. The molecule has 0 amide bonds. The minimum Gasteiger partial charge on any atom is -0.0726 e. The average Bonchev–Trinajstić information content (AvgIpc) is 2.66. The van der Waals surface area contributed by atoms with E-state index >= 15 is 0 Å². The zero-order valence-corrected chi connectivity index (χ0v) is 9.59. The number of rotatable bonds is 3. The quantitative estimate of drug-likeness (QED) is 0.676. The number of hydrogen-bond acceptors (Lipinski definition) is 0. The lowest BCUT2D eigenvalue weighted by atomic mass is 10.0. The van der Waals surface area contributed by atoms with Crippen LogP contribution in [-0.2, 0) is 6.42 Å². The Morgan fingerprint density at radius 1 is 1.27 bits per heavy atom. The monoisotopic (exact) mass is 198 g/mol. The highest BCUT2D eigenvalue weighted by Crippen LogP contribution is 2.26. The molecular formula is C15H18. The summed E-state index contributed by atoms with van der Waals surface area (Å²) in [6, 6.07) is 8.92. The fourth-order valence-corrected chi connectivity index (χ4v) is 2.05. The van der Waals surface area contributed by atoms with Gasteiger partial charge in [0.05, 0.1) is 0 Å². The van der Waals surface area contributed by atoms with Crippen LogP contribution in [0.15, 0.2) is 42.0 Å². The Morgan fingerprint density at radius 2 is 2.13 bits per heavy atom. The van der Waals surface area contributed by atoms with Crippen LogP contribution >= 0.6 is 0 Å². The van der Waals surface area contributed by atoms with Gasteiger partial charge in [-0.1, -0.05) is 55.3 Å². The van der Waals surface area contributed by atoms with Crippen LogP contribution in [0.5, 0.6) is 0 Å². The Morgan fingerprint density at radius 3 is 2.80 bits per heavy atom. The van der Waals surface area contributed by atoms with E-state index in [9.17, 15) is 0 Å². The molecule has 15 heavy (non-hydrogen) atoms. The summed E-state index contributed by atoms with van der Waals surface area (Å²) in [4.78, 5) is 0. The third-order valence-corrected chi connectivity index (χ3v) is 2.84. The van der Waals surface area contributed by atoms with E-state index in [0.29, 0.717) is 0 Å². The largest absolute Gasteiger partial charge is 0.0726 e. The fourth-order valence-electron chi connectivity index (χ4n) is 2.05. The van der Waals surface area contributed by atoms with Gasteiger partial charge < -0.3 is 0 Å². The molecule has 0 radical (unpaired) electrons. The molecule has 78 valence electrons. The van der Waals surface area contributed by atoms with E-state index in [1.165, 1.54) is 35.1 Å². The van der Waals surface area contributed by atoms with Gasteiger partial charge in [0.25, 0.3) is 0 Å². The van der Waals surface area contributed by atoms with Crippen molar-refractivity contribution in [3.8, 4) is 0 Å². The summed E-state index contributed by atoms with van der Waals surface area (Å²) in [5.41, 5.74) is 5.68. The molecule has 0 heteroatoms. The number of benzene rings is 1. The first kappa shape index (κ1) is 10.2. The molecule has 1 aliphatic carbocycles. The van der Waals surface area contributed by atoms with E-state index in [1.54, 1.807) is 0 Å². The maximum Gasteiger partial charge on any atom is -0.0129 e. The van der Waals surface area contributed by atoms with Crippen LogP contribution in [-0.4, -0.2) is 0 Å². The van der Waals surface area contributed by atoms with E-state index in [1.807, 2.05) is 0 Å². The molecule has 0 saturated heterocycles. The van der Waals surface area contributed by atoms with E-state index in [2.05, 4.69) is 50.3 Å². The zero-order valence-electron chi connectivity index (χ0n) is 9.59. The van der Waals surface area contributed by atoms with Gasteiger partial charge in [0.1, 0.15) is 0 Å². The summed E-state index contributed by atoms with van der Waals surface area (Å²) in [6.07, 6.45) is 8.14. The van der Waals surface area contributed by atoms with Crippen molar-refractivity contribution in [2.24, 2.45) is 0 Å². The van der Waals surface area contributed by atoms with Crippen LogP contribution in [0.25, 0.3) is 5.57 Å². The highest BCUT2D eigenvalue weighted by Gasteiger charge is 2.05. The molecule has 1 aromatic carbocycles. The molecule has 0 fully saturated rings. The second-order valence-electron chi connectivity index (χ2n) is 4.30. The molecule has 0 N–H and O–H groups in total. The van der Waals surface area contributed by atoms with Crippen molar-refractivity contribution in [2.75, 3.05) is 0 Å². The van der Waals surface area contributed by atoms with Crippen molar-refractivity contribution in [1.29, 1.82) is 0 Å². The lowest BCUT2D eigenvalue weighted by Crippen LogP contribution is -1.85. The summed E-state index contributed by atoms with van der Waals surface area (Å²) < 4.78 is 0. The maximum absolute atomic E-state index is 2.32. The Labute approximate surface area is 92.3 Å². The second-order valence-corrected chi connectivity index (χ2v) is 4.30. The number of allylic oxidation sites excluding steroid dienone is 4. The van der Waals surface area contributed by atoms with Crippen LogP contribution in [0.4, 0.5) is 0 Å². The molecule has 0 saturated carbocycles. The first-order valence-corrected chi connectivity index (χ1v) is 5.76. The van der Waals surface area contributed by atoms with Crippen LogP contribution in [0, 0.1) is 0 Å². The van der Waals surface area contributed by atoms with Crippen LogP contribution < -0.4 is 0 Å². The van der Waals surface area contributed by atoms with Crippen LogP contribution in [0.3, 0.4) is 0 Å². The van der Waals surface area contributed by atoms with Gasteiger partial charge in [-0.25, -0.2) is 0 Å². The summed E-state index contributed by atoms with van der Waals surface area (Å²) in [5.74, 6) is 0. The van der Waals surface area contributed by atoms with Gasteiger partial charge in [0, 0.05) is 0 Å². The standard InChI is InChI=1S/C15H18/c1-3-5-13-6-4-7-14(11-13)15-9-8-12(2)10-15/h4,6-7,9-11H,3,5,8H2,1-2H3. The van der Waals surface area contributed by atoms with Crippen LogP contribution in [0.2, 0.25) is 0 Å². The van der Waals surface area contributed by atoms with Crippen LogP contribution in [0.1, 0.15) is 37.8 Å². The topological polar surface area (TPSA) is 0 Å². The van der Waals surface area contributed by atoms with Crippen molar-refractivity contribution in [2.45, 2.75) is 33.1 Å². The van der Waals surface area contributed by atoms with Gasteiger partial charge in [-0.2, -0.15) is 0 Å².